The molecular weight excluding hydrogens is 515 g/mol. The number of nitrogens with zero attached hydrogens (tertiary/aromatic N) is 1. The van der Waals surface area contributed by atoms with Crippen molar-refractivity contribution in [1.29, 1.82) is 0 Å². The number of benzene rings is 2. The zero-order chi connectivity index (χ0) is 22.9. The third-order valence-electron chi connectivity index (χ3n) is 4.91. The Morgan fingerprint density at radius 3 is 2.19 bits per heavy atom. The van der Waals surface area contributed by atoms with E-state index in [4.69, 9.17) is 0 Å². The van der Waals surface area contributed by atoms with Crippen LogP contribution in [0.25, 0.3) is 0 Å². The summed E-state index contributed by atoms with van der Waals surface area (Å²) in [6, 6.07) is 15.9. The summed E-state index contributed by atoms with van der Waals surface area (Å²) in [5.74, 6) is 0.607. The summed E-state index contributed by atoms with van der Waals surface area (Å²) in [5.41, 5.74) is 4.16. The fourth-order valence-electron chi connectivity index (χ4n) is 3.11. The number of rotatable bonds is 8. The van der Waals surface area contributed by atoms with Crippen LogP contribution < -0.4 is 16.0 Å². The average molecular weight is 553 g/mol. The molecule has 0 heterocycles. The van der Waals surface area contributed by atoms with Crippen LogP contribution in [-0.2, 0) is 16.6 Å². The zero-order valence-electron chi connectivity index (χ0n) is 19.7. The molecule has 2 aromatic carbocycles. The van der Waals surface area contributed by atoms with Crippen LogP contribution in [0.3, 0.4) is 0 Å². The monoisotopic (exact) mass is 552 g/mol. The van der Waals surface area contributed by atoms with Gasteiger partial charge in [-0.3, -0.25) is 9.79 Å². The van der Waals surface area contributed by atoms with Crippen molar-refractivity contribution >= 4 is 41.5 Å². The van der Waals surface area contributed by atoms with Gasteiger partial charge in [-0.05, 0) is 47.6 Å². The number of aliphatic hydroxyl groups excluding tert-OH is 1. The van der Waals surface area contributed by atoms with Crippen molar-refractivity contribution in [1.82, 2.24) is 10.6 Å². The van der Waals surface area contributed by atoms with Gasteiger partial charge in [-0.15, -0.1) is 24.0 Å². The SMILES string of the molecule is CCNC(=NCC(O)c1ccc(C(C)(C)C)cc1)NCCc1ccc(NC(C)=O)cc1.I. The lowest BCUT2D eigenvalue weighted by Gasteiger charge is -2.20. The molecule has 0 saturated carbocycles. The third-order valence-corrected chi connectivity index (χ3v) is 4.91. The maximum atomic E-state index is 11.1. The average Bonchev–Trinajstić information content (AvgIpc) is 2.72. The molecule has 1 unspecified atom stereocenters. The standard InChI is InChI=1S/C25H36N4O2.HI/c1-6-26-24(27-16-15-19-7-13-22(14-8-19)29-18(2)30)28-17-23(31)20-9-11-21(12-10-20)25(3,4)5;/h7-14,23,31H,6,15-17H2,1-5H3,(H,29,30)(H2,26,27,28);1H. The number of carbonyl (C=O) groups is 1. The molecule has 2 rings (SSSR count). The number of guanidine groups is 1. The minimum atomic E-state index is -0.647. The van der Waals surface area contributed by atoms with Crippen LogP contribution in [0.2, 0.25) is 0 Å². The molecular formula is C25H37IN4O2. The Kier molecular flexibility index (Phi) is 11.7. The summed E-state index contributed by atoms with van der Waals surface area (Å²) >= 11 is 0. The van der Waals surface area contributed by atoms with Crippen LogP contribution in [-0.4, -0.2) is 36.6 Å². The Hall–Kier alpha value is -2.13. The van der Waals surface area contributed by atoms with Crippen molar-refractivity contribution in [3.8, 4) is 0 Å². The number of hydrogen-bond acceptors (Lipinski definition) is 3. The van der Waals surface area contributed by atoms with E-state index < -0.39 is 6.10 Å². The molecule has 4 N–H and O–H groups in total. The minimum Gasteiger partial charge on any atom is -0.386 e. The second-order valence-electron chi connectivity index (χ2n) is 8.66. The van der Waals surface area contributed by atoms with Crippen LogP contribution in [0.15, 0.2) is 53.5 Å². The number of aliphatic hydroxyl groups is 1. The van der Waals surface area contributed by atoms with Crippen molar-refractivity contribution < 1.29 is 9.90 Å². The van der Waals surface area contributed by atoms with E-state index in [2.05, 4.69) is 53.8 Å². The van der Waals surface area contributed by atoms with Gasteiger partial charge in [0.15, 0.2) is 5.96 Å². The first-order valence-electron chi connectivity index (χ1n) is 10.9. The molecule has 0 aliphatic heterocycles. The number of aliphatic imine (C=N–C) groups is 1. The lowest BCUT2D eigenvalue weighted by atomic mass is 9.86. The normalized spacial score (nSPS) is 12.5. The number of nitrogens with one attached hydrogen (secondary N) is 3. The van der Waals surface area contributed by atoms with Crippen molar-refractivity contribution in [3.05, 3.63) is 65.2 Å². The first kappa shape index (κ1) is 27.9. The molecule has 0 saturated heterocycles. The summed E-state index contributed by atoms with van der Waals surface area (Å²) in [5, 5.41) is 19.8. The van der Waals surface area contributed by atoms with E-state index in [9.17, 15) is 9.90 Å². The molecule has 1 atom stereocenters. The van der Waals surface area contributed by atoms with Gasteiger partial charge in [0.1, 0.15) is 0 Å². The minimum absolute atomic E-state index is 0. The van der Waals surface area contributed by atoms with E-state index in [0.29, 0.717) is 12.5 Å². The van der Waals surface area contributed by atoms with Gasteiger partial charge in [0.25, 0.3) is 0 Å². The maximum Gasteiger partial charge on any atom is 0.221 e. The molecule has 0 fully saturated rings. The number of carbonyl (C=O) groups excluding carboxylic acids is 1. The smallest absolute Gasteiger partial charge is 0.221 e. The summed E-state index contributed by atoms with van der Waals surface area (Å²) in [4.78, 5) is 15.6. The van der Waals surface area contributed by atoms with Crippen LogP contribution >= 0.6 is 24.0 Å². The van der Waals surface area contributed by atoms with E-state index in [1.54, 1.807) is 0 Å². The van der Waals surface area contributed by atoms with E-state index in [1.165, 1.54) is 12.5 Å². The molecule has 6 nitrogen and oxygen atoms in total. The van der Waals surface area contributed by atoms with Crippen molar-refractivity contribution in [2.24, 2.45) is 4.99 Å². The molecule has 0 aromatic heterocycles. The lowest BCUT2D eigenvalue weighted by molar-refractivity contribution is -0.114. The molecule has 0 radical (unpaired) electrons. The van der Waals surface area contributed by atoms with Gasteiger partial charge in [0.2, 0.25) is 5.91 Å². The number of halogens is 1. The van der Waals surface area contributed by atoms with Gasteiger partial charge in [-0.2, -0.15) is 0 Å². The van der Waals surface area contributed by atoms with Crippen molar-refractivity contribution in [2.45, 2.75) is 52.6 Å². The Balaban J connectivity index is 0.00000512. The van der Waals surface area contributed by atoms with Gasteiger partial charge < -0.3 is 21.1 Å². The predicted molar refractivity (Wildman–Crippen MR) is 144 cm³/mol. The van der Waals surface area contributed by atoms with Crippen LogP contribution in [0, 0.1) is 0 Å². The molecule has 2 aromatic rings. The number of hydrogen-bond donors (Lipinski definition) is 4. The molecule has 0 spiro atoms. The Morgan fingerprint density at radius 1 is 1.03 bits per heavy atom. The van der Waals surface area contributed by atoms with Crippen molar-refractivity contribution in [3.63, 3.8) is 0 Å². The van der Waals surface area contributed by atoms with Crippen molar-refractivity contribution in [2.75, 3.05) is 25.0 Å². The highest BCUT2D eigenvalue weighted by Crippen LogP contribution is 2.24. The molecule has 7 heteroatoms. The van der Waals surface area contributed by atoms with E-state index in [0.717, 1.165) is 29.8 Å². The van der Waals surface area contributed by atoms with Gasteiger partial charge in [-0.1, -0.05) is 57.2 Å². The molecule has 0 bridgehead atoms. The summed E-state index contributed by atoms with van der Waals surface area (Å²) in [6.45, 7) is 11.8. The van der Waals surface area contributed by atoms with E-state index >= 15 is 0 Å². The topological polar surface area (TPSA) is 85.8 Å². The summed E-state index contributed by atoms with van der Waals surface area (Å²) in [6.07, 6.45) is 0.174. The van der Waals surface area contributed by atoms with Crippen LogP contribution in [0.5, 0.6) is 0 Å². The summed E-state index contributed by atoms with van der Waals surface area (Å²) < 4.78 is 0. The largest absolute Gasteiger partial charge is 0.386 e. The second-order valence-corrected chi connectivity index (χ2v) is 8.66. The Bertz CT molecular complexity index is 859. The summed E-state index contributed by atoms with van der Waals surface area (Å²) in [7, 11) is 0. The van der Waals surface area contributed by atoms with Crippen LogP contribution in [0.1, 0.15) is 57.4 Å². The van der Waals surface area contributed by atoms with Crippen LogP contribution in [0.4, 0.5) is 5.69 Å². The number of anilines is 1. The fourth-order valence-corrected chi connectivity index (χ4v) is 3.11. The molecule has 1 amide bonds. The number of amides is 1. The second kappa shape index (κ2) is 13.4. The Labute approximate surface area is 209 Å². The van der Waals surface area contributed by atoms with E-state index in [-0.39, 0.29) is 41.8 Å². The van der Waals surface area contributed by atoms with Gasteiger partial charge in [-0.25, -0.2) is 0 Å². The van der Waals surface area contributed by atoms with Gasteiger partial charge >= 0.3 is 0 Å². The van der Waals surface area contributed by atoms with E-state index in [1.807, 2.05) is 43.3 Å². The Morgan fingerprint density at radius 2 is 1.66 bits per heavy atom. The quantitative estimate of drug-likeness (QED) is 0.222. The highest BCUT2D eigenvalue weighted by atomic mass is 127. The first-order chi connectivity index (χ1) is 14.7. The highest BCUT2D eigenvalue weighted by molar-refractivity contribution is 14.0. The molecule has 0 aliphatic rings. The lowest BCUT2D eigenvalue weighted by Crippen LogP contribution is -2.38. The van der Waals surface area contributed by atoms with Gasteiger partial charge in [0, 0.05) is 25.7 Å². The first-order valence-corrected chi connectivity index (χ1v) is 10.9. The highest BCUT2D eigenvalue weighted by Gasteiger charge is 2.14. The molecule has 32 heavy (non-hydrogen) atoms. The predicted octanol–water partition coefficient (Wildman–Crippen LogP) is 4.39. The fraction of sp³-hybridized carbons (Fsp3) is 0.440. The third kappa shape index (κ3) is 9.56. The molecule has 0 aliphatic carbocycles. The maximum absolute atomic E-state index is 11.1. The zero-order valence-corrected chi connectivity index (χ0v) is 22.1. The van der Waals surface area contributed by atoms with Gasteiger partial charge in [0.05, 0.1) is 12.6 Å². The molecule has 176 valence electrons.